The normalized spacial score (nSPS) is 45.9. The van der Waals surface area contributed by atoms with Crippen LogP contribution in [0.2, 0.25) is 0 Å². The van der Waals surface area contributed by atoms with Gasteiger partial charge in [0, 0.05) is 0 Å². The maximum absolute atomic E-state index is 9.29. The van der Waals surface area contributed by atoms with Crippen molar-refractivity contribution in [2.75, 3.05) is 13.2 Å². The number of ether oxygens (including phenoxy) is 3. The van der Waals surface area contributed by atoms with Crippen LogP contribution in [0.15, 0.2) is 0 Å². The van der Waals surface area contributed by atoms with Crippen molar-refractivity contribution in [1.29, 1.82) is 0 Å². The average Bonchev–Trinajstić information content (AvgIpc) is 2.56. The number of rotatable bonds is 3. The molecule has 0 saturated carbocycles. The Morgan fingerprint density at radius 1 is 1.31 bits per heavy atom. The summed E-state index contributed by atoms with van der Waals surface area (Å²) < 4.78 is 17.5. The number of aliphatic hydroxyl groups excluding tert-OH is 1. The van der Waals surface area contributed by atoms with Gasteiger partial charge >= 0.3 is 0 Å². The maximum Gasteiger partial charge on any atom is 0.164 e. The molecular weight excluding hydrogens is 210 g/mol. The fourth-order valence-electron chi connectivity index (χ4n) is 2.79. The summed E-state index contributed by atoms with van der Waals surface area (Å²) in [4.78, 5) is 0. The fraction of sp³-hybridized carbons (Fsp3) is 1.00. The van der Waals surface area contributed by atoms with Crippen molar-refractivity contribution in [1.82, 2.24) is 0 Å². The molecule has 2 fully saturated rings. The molecule has 0 spiro atoms. The third kappa shape index (κ3) is 1.76. The second-order valence-corrected chi connectivity index (χ2v) is 5.15. The first-order valence-electron chi connectivity index (χ1n) is 5.77. The molecule has 2 aliphatic heterocycles. The molecule has 3 N–H and O–H groups in total. The molecule has 94 valence electrons. The van der Waals surface area contributed by atoms with Gasteiger partial charge in [-0.2, -0.15) is 0 Å². The van der Waals surface area contributed by atoms with Crippen LogP contribution in [0.25, 0.3) is 0 Å². The summed E-state index contributed by atoms with van der Waals surface area (Å²) >= 11 is 0. The van der Waals surface area contributed by atoms with E-state index >= 15 is 0 Å². The first-order valence-corrected chi connectivity index (χ1v) is 5.77. The number of aliphatic hydroxyl groups is 1. The second kappa shape index (κ2) is 3.92. The van der Waals surface area contributed by atoms with Gasteiger partial charge in [-0.25, -0.2) is 0 Å². The monoisotopic (exact) mass is 231 g/mol. The van der Waals surface area contributed by atoms with Crippen LogP contribution < -0.4 is 5.73 Å². The van der Waals surface area contributed by atoms with Crippen LogP contribution in [-0.2, 0) is 14.2 Å². The molecule has 0 aliphatic carbocycles. The summed E-state index contributed by atoms with van der Waals surface area (Å²) in [6.07, 6.45) is 0.0666. The van der Waals surface area contributed by atoms with Gasteiger partial charge in [-0.1, -0.05) is 0 Å². The lowest BCUT2D eigenvalue weighted by Gasteiger charge is -2.29. The van der Waals surface area contributed by atoms with E-state index in [2.05, 4.69) is 0 Å². The zero-order valence-electron chi connectivity index (χ0n) is 10.1. The number of hydrogen-bond acceptors (Lipinski definition) is 5. The van der Waals surface area contributed by atoms with Crippen LogP contribution in [-0.4, -0.2) is 48.0 Å². The van der Waals surface area contributed by atoms with E-state index in [1.807, 2.05) is 20.8 Å². The van der Waals surface area contributed by atoms with Crippen LogP contribution in [0, 0.1) is 0 Å². The topological polar surface area (TPSA) is 73.9 Å². The van der Waals surface area contributed by atoms with Gasteiger partial charge in [0.1, 0.15) is 17.8 Å². The molecule has 2 rings (SSSR count). The van der Waals surface area contributed by atoms with Crippen molar-refractivity contribution < 1.29 is 19.3 Å². The SMILES string of the molecule is CC1(C)O[C@@H]2[C@@H](CO)OC(CCN)[C@]2(C)O1. The molecule has 2 saturated heterocycles. The smallest absolute Gasteiger partial charge is 0.164 e. The van der Waals surface area contributed by atoms with Crippen molar-refractivity contribution in [2.45, 2.75) is 56.9 Å². The Hall–Kier alpha value is -0.200. The molecule has 0 bridgehead atoms. The Morgan fingerprint density at radius 3 is 2.56 bits per heavy atom. The molecule has 0 aromatic heterocycles. The summed E-state index contributed by atoms with van der Waals surface area (Å²) in [5.41, 5.74) is 5.06. The van der Waals surface area contributed by atoms with E-state index in [1.54, 1.807) is 0 Å². The minimum absolute atomic E-state index is 0.0548. The molecule has 5 nitrogen and oxygen atoms in total. The largest absolute Gasteiger partial charge is 0.394 e. The molecule has 0 amide bonds. The zero-order chi connectivity index (χ0) is 12.0. The van der Waals surface area contributed by atoms with Crippen LogP contribution in [0.4, 0.5) is 0 Å². The van der Waals surface area contributed by atoms with Gasteiger partial charge < -0.3 is 25.1 Å². The van der Waals surface area contributed by atoms with E-state index in [0.717, 1.165) is 0 Å². The van der Waals surface area contributed by atoms with Crippen LogP contribution in [0.1, 0.15) is 27.2 Å². The first kappa shape index (κ1) is 12.3. The highest BCUT2D eigenvalue weighted by molar-refractivity contribution is 5.07. The van der Waals surface area contributed by atoms with Gasteiger partial charge in [0.05, 0.1) is 12.7 Å². The fourth-order valence-corrected chi connectivity index (χ4v) is 2.79. The first-order chi connectivity index (χ1) is 7.43. The lowest BCUT2D eigenvalue weighted by atomic mass is 9.91. The molecule has 0 aromatic rings. The molecule has 4 atom stereocenters. The van der Waals surface area contributed by atoms with Crippen LogP contribution in [0.3, 0.4) is 0 Å². The van der Waals surface area contributed by atoms with E-state index in [9.17, 15) is 5.11 Å². The Labute approximate surface area is 95.9 Å². The number of hydrogen-bond donors (Lipinski definition) is 2. The standard InChI is InChI=1S/C11H21NO4/c1-10(2)15-9-7(6-13)14-8(4-5-12)11(9,3)16-10/h7-9,13H,4-6,12H2,1-3H3/t7-,8?,9-,11+/m1/s1. The van der Waals surface area contributed by atoms with E-state index in [0.29, 0.717) is 13.0 Å². The van der Waals surface area contributed by atoms with E-state index in [4.69, 9.17) is 19.9 Å². The predicted molar refractivity (Wildman–Crippen MR) is 57.9 cm³/mol. The molecular formula is C11H21NO4. The molecule has 2 aliphatic rings. The third-order valence-electron chi connectivity index (χ3n) is 3.37. The van der Waals surface area contributed by atoms with Gasteiger partial charge in [-0.15, -0.1) is 0 Å². The van der Waals surface area contributed by atoms with E-state index < -0.39 is 11.4 Å². The van der Waals surface area contributed by atoms with Crippen molar-refractivity contribution in [2.24, 2.45) is 5.73 Å². The Bertz CT molecular complexity index is 271. The van der Waals surface area contributed by atoms with Crippen molar-refractivity contribution in [3.63, 3.8) is 0 Å². The predicted octanol–water partition coefficient (Wildman–Crippen LogP) is 0.00510. The van der Waals surface area contributed by atoms with E-state index in [-0.39, 0.29) is 24.9 Å². The average molecular weight is 231 g/mol. The van der Waals surface area contributed by atoms with Gasteiger partial charge in [-0.3, -0.25) is 0 Å². The Balaban J connectivity index is 2.22. The highest BCUT2D eigenvalue weighted by atomic mass is 16.8. The number of nitrogens with two attached hydrogens (primary N) is 1. The molecule has 0 aromatic carbocycles. The maximum atomic E-state index is 9.29. The Morgan fingerprint density at radius 2 is 2.00 bits per heavy atom. The van der Waals surface area contributed by atoms with Gasteiger partial charge in [0.25, 0.3) is 0 Å². The summed E-state index contributed by atoms with van der Waals surface area (Å²) in [5, 5.41) is 9.29. The summed E-state index contributed by atoms with van der Waals surface area (Å²) in [6.45, 7) is 6.22. The van der Waals surface area contributed by atoms with Gasteiger partial charge in [0.15, 0.2) is 5.79 Å². The molecule has 5 heteroatoms. The third-order valence-corrected chi connectivity index (χ3v) is 3.37. The highest BCUT2D eigenvalue weighted by Gasteiger charge is 2.62. The summed E-state index contributed by atoms with van der Waals surface area (Å²) in [6, 6.07) is 0. The molecule has 0 radical (unpaired) electrons. The molecule has 16 heavy (non-hydrogen) atoms. The summed E-state index contributed by atoms with van der Waals surface area (Å²) in [5.74, 6) is -0.622. The highest BCUT2D eigenvalue weighted by Crippen LogP contribution is 2.47. The Kier molecular flexibility index (Phi) is 3.01. The van der Waals surface area contributed by atoms with Gasteiger partial charge in [0.2, 0.25) is 0 Å². The lowest BCUT2D eigenvalue weighted by molar-refractivity contribution is -0.205. The van der Waals surface area contributed by atoms with Crippen LogP contribution >= 0.6 is 0 Å². The molecule has 1 unspecified atom stereocenters. The minimum atomic E-state index is -0.622. The lowest BCUT2D eigenvalue weighted by Crippen LogP contribution is -2.44. The van der Waals surface area contributed by atoms with E-state index in [1.165, 1.54) is 0 Å². The van der Waals surface area contributed by atoms with Gasteiger partial charge in [-0.05, 0) is 33.7 Å². The second-order valence-electron chi connectivity index (χ2n) is 5.15. The zero-order valence-corrected chi connectivity index (χ0v) is 10.1. The molecule has 2 heterocycles. The quantitative estimate of drug-likeness (QED) is 0.715. The van der Waals surface area contributed by atoms with Crippen molar-refractivity contribution in [3.8, 4) is 0 Å². The van der Waals surface area contributed by atoms with Crippen LogP contribution in [0.5, 0.6) is 0 Å². The van der Waals surface area contributed by atoms with Crippen molar-refractivity contribution in [3.05, 3.63) is 0 Å². The number of fused-ring (bicyclic) bond motifs is 1. The summed E-state index contributed by atoms with van der Waals surface area (Å²) in [7, 11) is 0. The minimum Gasteiger partial charge on any atom is -0.394 e. The van der Waals surface area contributed by atoms with Crippen molar-refractivity contribution >= 4 is 0 Å².